The molecule has 0 aliphatic carbocycles. The quantitative estimate of drug-likeness (QED) is 0.650. The monoisotopic (exact) mass is 304 g/mol. The summed E-state index contributed by atoms with van der Waals surface area (Å²) in [5.41, 5.74) is 5.34. The van der Waals surface area contributed by atoms with Crippen LogP contribution in [0.1, 0.15) is 33.6 Å². The third kappa shape index (κ3) is 4.46. The van der Waals surface area contributed by atoms with E-state index in [2.05, 4.69) is 9.82 Å². The van der Waals surface area contributed by atoms with Crippen molar-refractivity contribution in [3.05, 3.63) is 6.20 Å². The molecule has 0 amide bonds. The first-order valence-corrected chi connectivity index (χ1v) is 8.13. The lowest BCUT2D eigenvalue weighted by molar-refractivity contribution is 0.213. The second-order valence-corrected chi connectivity index (χ2v) is 7.34. The highest BCUT2D eigenvalue weighted by Gasteiger charge is 2.25. The zero-order valence-corrected chi connectivity index (χ0v) is 13.1. The Morgan fingerprint density at radius 3 is 2.70 bits per heavy atom. The van der Waals surface area contributed by atoms with Gasteiger partial charge in [0.15, 0.2) is 5.82 Å². The highest BCUT2D eigenvalue weighted by Crippen LogP contribution is 2.21. The number of aryl methyl sites for hydroxylation is 1. The lowest BCUT2D eigenvalue weighted by Gasteiger charge is -2.23. The van der Waals surface area contributed by atoms with Crippen LogP contribution in [0, 0.1) is 5.41 Å². The van der Waals surface area contributed by atoms with E-state index in [9.17, 15) is 8.42 Å². The van der Waals surface area contributed by atoms with Gasteiger partial charge in [0.05, 0.1) is 0 Å². The van der Waals surface area contributed by atoms with Crippen molar-refractivity contribution in [3.8, 4) is 0 Å². The molecule has 20 heavy (non-hydrogen) atoms. The maximum absolute atomic E-state index is 12.2. The highest BCUT2D eigenvalue weighted by molar-refractivity contribution is 7.89. The van der Waals surface area contributed by atoms with Crippen molar-refractivity contribution in [1.82, 2.24) is 14.5 Å². The van der Waals surface area contributed by atoms with Gasteiger partial charge in [-0.3, -0.25) is 4.68 Å². The van der Waals surface area contributed by atoms with Gasteiger partial charge in [0.2, 0.25) is 10.0 Å². The molecule has 4 N–H and O–H groups in total. The second kappa shape index (κ2) is 6.55. The van der Waals surface area contributed by atoms with E-state index in [0.29, 0.717) is 13.0 Å². The van der Waals surface area contributed by atoms with Crippen molar-refractivity contribution in [2.45, 2.75) is 45.1 Å². The summed E-state index contributed by atoms with van der Waals surface area (Å²) in [6.45, 7) is 6.61. The molecule has 1 aromatic rings. The average Bonchev–Trinajstić information content (AvgIpc) is 2.69. The summed E-state index contributed by atoms with van der Waals surface area (Å²) >= 11 is 0. The first kappa shape index (κ1) is 16.9. The van der Waals surface area contributed by atoms with Crippen LogP contribution in [0.25, 0.3) is 0 Å². The van der Waals surface area contributed by atoms with E-state index in [1.807, 2.05) is 20.8 Å². The number of aliphatic hydroxyl groups is 1. The number of nitrogens with two attached hydrogens (primary N) is 1. The summed E-state index contributed by atoms with van der Waals surface area (Å²) in [6.07, 6.45) is 2.80. The van der Waals surface area contributed by atoms with Crippen molar-refractivity contribution in [2.75, 3.05) is 18.9 Å². The number of aromatic nitrogens is 2. The van der Waals surface area contributed by atoms with Crippen molar-refractivity contribution >= 4 is 15.8 Å². The van der Waals surface area contributed by atoms with Gasteiger partial charge in [-0.25, -0.2) is 13.1 Å². The molecule has 0 unspecified atom stereocenters. The van der Waals surface area contributed by atoms with Gasteiger partial charge in [-0.2, -0.15) is 5.10 Å². The average molecular weight is 304 g/mol. The Hall–Kier alpha value is -1.12. The summed E-state index contributed by atoms with van der Waals surface area (Å²) in [4.78, 5) is 0.00532. The predicted octanol–water partition coefficient (Wildman–Crippen LogP) is 0.562. The molecule has 116 valence electrons. The third-order valence-corrected chi connectivity index (χ3v) is 4.44. The molecule has 0 aliphatic heterocycles. The fraction of sp³-hybridized carbons (Fsp3) is 0.750. The van der Waals surface area contributed by atoms with E-state index in [1.165, 1.54) is 10.9 Å². The summed E-state index contributed by atoms with van der Waals surface area (Å²) in [6, 6.07) is 0. The van der Waals surface area contributed by atoms with E-state index in [1.54, 1.807) is 0 Å². The molecule has 0 atom stereocenters. The standard InChI is InChI=1S/C12H24N4O3S/c1-4-6-16-8-10(11(13)15-16)20(18,19)14-9-12(2,3)5-7-17/h8,14,17H,4-7,9H2,1-3H3,(H2,13,15). The number of nitrogens with one attached hydrogen (secondary N) is 1. The molecule has 0 fully saturated rings. The molecule has 0 aliphatic rings. The minimum Gasteiger partial charge on any atom is -0.396 e. The van der Waals surface area contributed by atoms with E-state index in [-0.39, 0.29) is 29.3 Å². The van der Waals surface area contributed by atoms with Gasteiger partial charge in [-0.05, 0) is 18.3 Å². The van der Waals surface area contributed by atoms with Crippen LogP contribution in [-0.4, -0.2) is 36.5 Å². The zero-order valence-electron chi connectivity index (χ0n) is 12.3. The number of nitrogens with zero attached hydrogens (tertiary/aromatic N) is 2. The fourth-order valence-electron chi connectivity index (χ4n) is 1.73. The van der Waals surface area contributed by atoms with Crippen LogP contribution in [-0.2, 0) is 16.6 Å². The lowest BCUT2D eigenvalue weighted by Crippen LogP contribution is -2.34. The smallest absolute Gasteiger partial charge is 0.245 e. The number of anilines is 1. The van der Waals surface area contributed by atoms with E-state index < -0.39 is 10.0 Å². The molecular weight excluding hydrogens is 280 g/mol. The van der Waals surface area contributed by atoms with Gasteiger partial charge >= 0.3 is 0 Å². The second-order valence-electron chi connectivity index (χ2n) is 5.60. The maximum atomic E-state index is 12.2. The van der Waals surface area contributed by atoms with Gasteiger partial charge in [0.25, 0.3) is 0 Å². The molecule has 0 bridgehead atoms. The van der Waals surface area contributed by atoms with Crippen molar-refractivity contribution < 1.29 is 13.5 Å². The third-order valence-electron chi connectivity index (χ3n) is 3.03. The van der Waals surface area contributed by atoms with Crippen LogP contribution in [0.5, 0.6) is 0 Å². The highest BCUT2D eigenvalue weighted by atomic mass is 32.2. The molecule has 0 spiro atoms. The van der Waals surface area contributed by atoms with Gasteiger partial charge in [-0.1, -0.05) is 20.8 Å². The normalized spacial score (nSPS) is 12.8. The Kier molecular flexibility index (Phi) is 5.55. The van der Waals surface area contributed by atoms with Gasteiger partial charge in [0.1, 0.15) is 4.90 Å². The Morgan fingerprint density at radius 1 is 1.50 bits per heavy atom. The van der Waals surface area contributed by atoms with Gasteiger partial charge in [-0.15, -0.1) is 0 Å². The van der Waals surface area contributed by atoms with E-state index in [0.717, 1.165) is 6.42 Å². The van der Waals surface area contributed by atoms with Crippen LogP contribution >= 0.6 is 0 Å². The van der Waals surface area contributed by atoms with Gasteiger partial charge < -0.3 is 10.8 Å². The largest absolute Gasteiger partial charge is 0.396 e. The van der Waals surface area contributed by atoms with Crippen LogP contribution in [0.2, 0.25) is 0 Å². The van der Waals surface area contributed by atoms with E-state index >= 15 is 0 Å². The van der Waals surface area contributed by atoms with E-state index in [4.69, 9.17) is 10.8 Å². The first-order chi connectivity index (χ1) is 9.22. The van der Waals surface area contributed by atoms with Crippen molar-refractivity contribution in [3.63, 3.8) is 0 Å². The maximum Gasteiger partial charge on any atom is 0.245 e. The van der Waals surface area contributed by atoms with Gasteiger partial charge in [0, 0.05) is 25.9 Å². The van der Waals surface area contributed by atoms with Crippen molar-refractivity contribution in [1.29, 1.82) is 0 Å². The minimum absolute atomic E-state index is 0.00532. The Balaban J connectivity index is 2.83. The summed E-state index contributed by atoms with van der Waals surface area (Å²) < 4.78 is 28.5. The van der Waals surface area contributed by atoms with Crippen LogP contribution in [0.4, 0.5) is 5.82 Å². The molecule has 0 radical (unpaired) electrons. The molecule has 1 heterocycles. The molecule has 1 aromatic heterocycles. The first-order valence-electron chi connectivity index (χ1n) is 6.65. The molecule has 0 saturated carbocycles. The van der Waals surface area contributed by atoms with Crippen LogP contribution in [0.15, 0.2) is 11.1 Å². The number of rotatable bonds is 8. The predicted molar refractivity (Wildman–Crippen MR) is 77.6 cm³/mol. The Labute approximate surface area is 120 Å². The SMILES string of the molecule is CCCn1cc(S(=O)(=O)NCC(C)(C)CCO)c(N)n1. The topological polar surface area (TPSA) is 110 Å². The number of aliphatic hydroxyl groups excluding tert-OH is 1. The summed E-state index contributed by atoms with van der Waals surface area (Å²) in [5, 5.41) is 12.9. The lowest BCUT2D eigenvalue weighted by atomic mass is 9.90. The number of nitrogen functional groups attached to an aromatic ring is 1. The fourth-order valence-corrected chi connectivity index (χ4v) is 3.04. The van der Waals surface area contributed by atoms with Crippen molar-refractivity contribution in [2.24, 2.45) is 5.41 Å². The Bertz CT molecular complexity index is 537. The molecule has 7 nitrogen and oxygen atoms in total. The molecule has 8 heteroatoms. The Morgan fingerprint density at radius 2 is 2.15 bits per heavy atom. The number of sulfonamides is 1. The van der Waals surface area contributed by atoms with Crippen LogP contribution < -0.4 is 10.5 Å². The number of hydrogen-bond acceptors (Lipinski definition) is 5. The van der Waals surface area contributed by atoms with Crippen LogP contribution in [0.3, 0.4) is 0 Å². The molecule has 1 rings (SSSR count). The molecule has 0 aromatic carbocycles. The zero-order chi connectivity index (χ0) is 15.4. The summed E-state index contributed by atoms with van der Waals surface area (Å²) in [7, 11) is -3.68. The molecular formula is C12H24N4O3S. The molecule has 0 saturated heterocycles. The summed E-state index contributed by atoms with van der Waals surface area (Å²) in [5.74, 6) is 0.00548. The minimum atomic E-state index is -3.68. The number of hydrogen-bond donors (Lipinski definition) is 3.